The first-order valence-electron chi connectivity index (χ1n) is 5.01. The zero-order valence-corrected chi connectivity index (χ0v) is 8.82. The molecule has 0 spiro atoms. The van der Waals surface area contributed by atoms with Crippen molar-refractivity contribution in [2.45, 2.75) is 25.7 Å². The predicted octanol–water partition coefficient (Wildman–Crippen LogP) is 1.54. The van der Waals surface area contributed by atoms with Gasteiger partial charge >= 0.3 is 5.97 Å². The summed E-state index contributed by atoms with van der Waals surface area (Å²) in [6, 6.07) is 0. The van der Waals surface area contributed by atoms with E-state index in [2.05, 4.69) is 4.89 Å². The summed E-state index contributed by atoms with van der Waals surface area (Å²) in [5.74, 6) is 0.388. The third-order valence-electron chi connectivity index (χ3n) is 2.74. The van der Waals surface area contributed by atoms with Crippen molar-refractivity contribution in [1.82, 2.24) is 0 Å². The van der Waals surface area contributed by atoms with Crippen LogP contribution in [0, 0.1) is 11.8 Å². The molecule has 1 fully saturated rings. The van der Waals surface area contributed by atoms with Gasteiger partial charge in [0.15, 0.2) is 0 Å². The number of hydrogen-bond donors (Lipinski definition) is 0. The Balaban J connectivity index is 2.31. The smallest absolute Gasteiger partial charge is 0.308 e. The fourth-order valence-electron chi connectivity index (χ4n) is 1.99. The SMILES string of the molecule is COOCC1CCCC(C(=O)OC)C1. The molecular formula is C10H18O4. The van der Waals surface area contributed by atoms with Crippen LogP contribution in [0.5, 0.6) is 0 Å². The van der Waals surface area contributed by atoms with Crippen LogP contribution in [-0.2, 0) is 19.3 Å². The molecule has 4 heteroatoms. The first-order chi connectivity index (χ1) is 6.77. The van der Waals surface area contributed by atoms with E-state index in [1.165, 1.54) is 14.2 Å². The summed E-state index contributed by atoms with van der Waals surface area (Å²) in [6.45, 7) is 0.573. The Kier molecular flexibility index (Phi) is 4.90. The van der Waals surface area contributed by atoms with Crippen molar-refractivity contribution < 1.29 is 19.3 Å². The Bertz CT molecular complexity index is 181. The van der Waals surface area contributed by atoms with Crippen molar-refractivity contribution in [1.29, 1.82) is 0 Å². The fraction of sp³-hybridized carbons (Fsp3) is 0.900. The van der Waals surface area contributed by atoms with Crippen molar-refractivity contribution in [2.75, 3.05) is 20.8 Å². The van der Waals surface area contributed by atoms with E-state index >= 15 is 0 Å². The number of hydrogen-bond acceptors (Lipinski definition) is 4. The van der Waals surface area contributed by atoms with Crippen LogP contribution in [0.25, 0.3) is 0 Å². The molecule has 0 heterocycles. The Labute approximate surface area is 84.4 Å². The average molecular weight is 202 g/mol. The molecule has 0 N–H and O–H groups in total. The lowest BCUT2D eigenvalue weighted by atomic mass is 9.82. The maximum Gasteiger partial charge on any atom is 0.308 e. The highest BCUT2D eigenvalue weighted by atomic mass is 17.2. The average Bonchev–Trinajstić information content (AvgIpc) is 2.25. The lowest BCUT2D eigenvalue weighted by Crippen LogP contribution is -2.26. The van der Waals surface area contributed by atoms with E-state index in [-0.39, 0.29) is 11.9 Å². The minimum Gasteiger partial charge on any atom is -0.469 e. The Morgan fingerprint density at radius 3 is 2.79 bits per heavy atom. The van der Waals surface area contributed by atoms with Crippen LogP contribution in [0.2, 0.25) is 0 Å². The van der Waals surface area contributed by atoms with Gasteiger partial charge in [-0.2, -0.15) is 0 Å². The van der Waals surface area contributed by atoms with Crippen molar-refractivity contribution in [3.63, 3.8) is 0 Å². The monoisotopic (exact) mass is 202 g/mol. The van der Waals surface area contributed by atoms with Crippen LogP contribution in [0.4, 0.5) is 0 Å². The summed E-state index contributed by atoms with van der Waals surface area (Å²) in [5.41, 5.74) is 0. The molecule has 0 amide bonds. The van der Waals surface area contributed by atoms with Gasteiger partial charge in [-0.15, -0.1) is 0 Å². The number of carbonyl (C=O) groups is 1. The molecular weight excluding hydrogens is 184 g/mol. The van der Waals surface area contributed by atoms with Crippen LogP contribution in [0.15, 0.2) is 0 Å². The van der Waals surface area contributed by atoms with Gasteiger partial charge in [0.1, 0.15) is 0 Å². The zero-order chi connectivity index (χ0) is 10.4. The second kappa shape index (κ2) is 5.98. The van der Waals surface area contributed by atoms with Gasteiger partial charge in [-0.25, -0.2) is 9.78 Å². The molecule has 0 radical (unpaired) electrons. The minimum absolute atomic E-state index is 0.0548. The van der Waals surface area contributed by atoms with Gasteiger partial charge in [0, 0.05) is 0 Å². The number of ether oxygens (including phenoxy) is 1. The standard InChI is InChI=1S/C10H18O4/c1-12-10(11)9-5-3-4-8(6-9)7-14-13-2/h8-9H,3-7H2,1-2H3. The molecule has 4 nitrogen and oxygen atoms in total. The number of carbonyl (C=O) groups excluding carboxylic acids is 1. The Morgan fingerprint density at radius 2 is 2.14 bits per heavy atom. The molecule has 1 saturated carbocycles. The van der Waals surface area contributed by atoms with Gasteiger partial charge in [0.2, 0.25) is 0 Å². The third kappa shape index (κ3) is 3.27. The molecule has 0 aromatic carbocycles. The van der Waals surface area contributed by atoms with Crippen molar-refractivity contribution >= 4 is 5.97 Å². The highest BCUT2D eigenvalue weighted by Crippen LogP contribution is 2.29. The molecule has 0 aromatic heterocycles. The molecule has 1 aliphatic carbocycles. The fourth-order valence-corrected chi connectivity index (χ4v) is 1.99. The van der Waals surface area contributed by atoms with Crippen LogP contribution < -0.4 is 0 Å². The number of rotatable bonds is 4. The topological polar surface area (TPSA) is 44.8 Å². The molecule has 0 aliphatic heterocycles. The summed E-state index contributed by atoms with van der Waals surface area (Å²) < 4.78 is 4.73. The van der Waals surface area contributed by atoms with Gasteiger partial charge in [-0.3, -0.25) is 4.79 Å². The van der Waals surface area contributed by atoms with E-state index in [1.807, 2.05) is 0 Å². The maximum atomic E-state index is 11.3. The first kappa shape index (κ1) is 11.5. The Morgan fingerprint density at radius 1 is 1.36 bits per heavy atom. The predicted molar refractivity (Wildman–Crippen MR) is 50.4 cm³/mol. The molecule has 1 rings (SSSR count). The van der Waals surface area contributed by atoms with Gasteiger partial charge < -0.3 is 4.74 Å². The number of esters is 1. The summed E-state index contributed by atoms with van der Waals surface area (Å²) in [5, 5.41) is 0. The van der Waals surface area contributed by atoms with Crippen molar-refractivity contribution in [2.24, 2.45) is 11.8 Å². The van der Waals surface area contributed by atoms with Gasteiger partial charge in [0.05, 0.1) is 26.7 Å². The zero-order valence-electron chi connectivity index (χ0n) is 8.82. The van der Waals surface area contributed by atoms with Crippen LogP contribution in [0.3, 0.4) is 0 Å². The van der Waals surface area contributed by atoms with Crippen LogP contribution in [0.1, 0.15) is 25.7 Å². The van der Waals surface area contributed by atoms with Gasteiger partial charge in [-0.1, -0.05) is 6.42 Å². The molecule has 1 aliphatic rings. The Hall–Kier alpha value is -0.610. The quantitative estimate of drug-likeness (QED) is 0.394. The highest BCUT2D eigenvalue weighted by Gasteiger charge is 2.27. The lowest BCUT2D eigenvalue weighted by molar-refractivity contribution is -0.281. The van der Waals surface area contributed by atoms with Crippen molar-refractivity contribution in [3.8, 4) is 0 Å². The van der Waals surface area contributed by atoms with Gasteiger partial charge in [0.25, 0.3) is 0 Å². The summed E-state index contributed by atoms with van der Waals surface area (Å²) >= 11 is 0. The van der Waals surface area contributed by atoms with Crippen LogP contribution in [-0.4, -0.2) is 26.8 Å². The van der Waals surface area contributed by atoms with E-state index < -0.39 is 0 Å². The number of methoxy groups -OCH3 is 1. The third-order valence-corrected chi connectivity index (χ3v) is 2.74. The van der Waals surface area contributed by atoms with E-state index in [1.54, 1.807) is 0 Å². The minimum atomic E-state index is -0.0906. The van der Waals surface area contributed by atoms with E-state index in [9.17, 15) is 4.79 Å². The van der Waals surface area contributed by atoms with E-state index in [0.29, 0.717) is 12.5 Å². The first-order valence-corrected chi connectivity index (χ1v) is 5.01. The normalized spacial score (nSPS) is 27.3. The molecule has 2 unspecified atom stereocenters. The highest BCUT2D eigenvalue weighted by molar-refractivity contribution is 5.72. The van der Waals surface area contributed by atoms with Crippen molar-refractivity contribution in [3.05, 3.63) is 0 Å². The summed E-state index contributed by atoms with van der Waals surface area (Å²) in [7, 11) is 2.94. The van der Waals surface area contributed by atoms with Gasteiger partial charge in [-0.05, 0) is 25.2 Å². The largest absolute Gasteiger partial charge is 0.469 e. The summed E-state index contributed by atoms with van der Waals surface area (Å²) in [4.78, 5) is 20.7. The summed E-state index contributed by atoms with van der Waals surface area (Å²) in [6.07, 6.45) is 3.97. The van der Waals surface area contributed by atoms with E-state index in [0.717, 1.165) is 25.7 Å². The van der Waals surface area contributed by atoms with E-state index in [4.69, 9.17) is 9.62 Å². The second-order valence-corrected chi connectivity index (χ2v) is 3.70. The van der Waals surface area contributed by atoms with Crippen LogP contribution >= 0.6 is 0 Å². The molecule has 0 aromatic rings. The molecule has 0 saturated heterocycles. The maximum absolute atomic E-state index is 11.3. The molecule has 82 valence electrons. The lowest BCUT2D eigenvalue weighted by Gasteiger charge is -2.26. The molecule has 2 atom stereocenters. The molecule has 14 heavy (non-hydrogen) atoms. The molecule has 0 bridgehead atoms. The second-order valence-electron chi connectivity index (χ2n) is 3.70.